The zero-order chi connectivity index (χ0) is 13.0. The largest absolute Gasteiger partial charge is 0.283 e. The summed E-state index contributed by atoms with van der Waals surface area (Å²) in [6.45, 7) is 6.15. The summed E-state index contributed by atoms with van der Waals surface area (Å²) in [5, 5.41) is 0. The maximum absolute atomic E-state index is 4.35. The van der Waals surface area contributed by atoms with Crippen molar-refractivity contribution in [1.82, 2.24) is 14.5 Å². The van der Waals surface area contributed by atoms with E-state index in [1.807, 2.05) is 22.8 Å². The lowest BCUT2D eigenvalue weighted by molar-refractivity contribution is 0.977. The standard InChI is InChI=1S/C14H14BrN3/c1-3-4-5-11(2)13-9-16-10-18(13)14-7-6-12(15)8-17-14/h4-10H,2-3H2,1H3/b5-4-. The fourth-order valence-electron chi connectivity index (χ4n) is 1.57. The molecule has 3 nitrogen and oxygen atoms in total. The third-order valence-electron chi connectivity index (χ3n) is 2.48. The van der Waals surface area contributed by atoms with Crippen LogP contribution in [0.5, 0.6) is 0 Å². The molecule has 18 heavy (non-hydrogen) atoms. The Bertz CT molecular complexity index is 567. The van der Waals surface area contributed by atoms with Crippen molar-refractivity contribution in [3.63, 3.8) is 0 Å². The minimum absolute atomic E-state index is 0.830. The SMILES string of the molecule is C=C(/C=C\CC)c1cncn1-c1ccc(Br)cn1. The molecule has 4 heteroatoms. The highest BCUT2D eigenvalue weighted by atomic mass is 79.9. The smallest absolute Gasteiger partial charge is 0.138 e. The molecule has 0 unspecified atom stereocenters. The molecule has 0 aliphatic heterocycles. The third-order valence-corrected chi connectivity index (χ3v) is 2.95. The van der Waals surface area contributed by atoms with Crippen LogP contribution in [-0.2, 0) is 0 Å². The highest BCUT2D eigenvalue weighted by molar-refractivity contribution is 9.10. The normalized spacial score (nSPS) is 11.0. The predicted molar refractivity (Wildman–Crippen MR) is 77.5 cm³/mol. The van der Waals surface area contributed by atoms with Crippen molar-refractivity contribution in [2.24, 2.45) is 0 Å². The van der Waals surface area contributed by atoms with Gasteiger partial charge in [-0.15, -0.1) is 0 Å². The zero-order valence-electron chi connectivity index (χ0n) is 10.2. The second kappa shape index (κ2) is 5.78. The summed E-state index contributed by atoms with van der Waals surface area (Å²) in [6.07, 6.45) is 10.4. The third kappa shape index (κ3) is 2.76. The molecule has 0 aromatic carbocycles. The Morgan fingerprint density at radius 3 is 2.94 bits per heavy atom. The molecule has 0 fully saturated rings. The highest BCUT2D eigenvalue weighted by Gasteiger charge is 2.06. The summed E-state index contributed by atoms with van der Waals surface area (Å²) in [6, 6.07) is 3.89. The van der Waals surface area contributed by atoms with Crippen LogP contribution >= 0.6 is 15.9 Å². The molecule has 0 aliphatic rings. The molecule has 0 N–H and O–H groups in total. The molecule has 2 aromatic heterocycles. The molecule has 0 spiro atoms. The molecule has 92 valence electrons. The quantitative estimate of drug-likeness (QED) is 0.799. The predicted octanol–water partition coefficient (Wildman–Crippen LogP) is 4.01. The first-order valence-electron chi connectivity index (χ1n) is 5.72. The molecule has 2 heterocycles. The Hall–Kier alpha value is -1.68. The van der Waals surface area contributed by atoms with Gasteiger partial charge in [-0.05, 0) is 40.1 Å². The first-order chi connectivity index (χ1) is 8.72. The van der Waals surface area contributed by atoms with E-state index in [4.69, 9.17) is 0 Å². The Labute approximate surface area is 115 Å². The summed E-state index contributed by atoms with van der Waals surface area (Å²) in [5.41, 5.74) is 1.88. The number of imidazole rings is 1. The highest BCUT2D eigenvalue weighted by Crippen LogP contribution is 2.18. The number of hydrogen-bond acceptors (Lipinski definition) is 2. The van der Waals surface area contributed by atoms with Crippen molar-refractivity contribution in [1.29, 1.82) is 0 Å². The van der Waals surface area contributed by atoms with Gasteiger partial charge in [0.25, 0.3) is 0 Å². The Morgan fingerprint density at radius 2 is 2.28 bits per heavy atom. The molecule has 0 atom stereocenters. The number of allylic oxidation sites excluding steroid dienone is 3. The van der Waals surface area contributed by atoms with Crippen LogP contribution in [0.4, 0.5) is 0 Å². The number of halogens is 1. The van der Waals surface area contributed by atoms with Gasteiger partial charge >= 0.3 is 0 Å². The topological polar surface area (TPSA) is 30.7 Å². The monoisotopic (exact) mass is 303 g/mol. The van der Waals surface area contributed by atoms with Gasteiger partial charge in [0, 0.05) is 10.7 Å². The van der Waals surface area contributed by atoms with Gasteiger partial charge in [0.05, 0.1) is 11.9 Å². The number of hydrogen-bond donors (Lipinski definition) is 0. The minimum Gasteiger partial charge on any atom is -0.283 e. The molecule has 0 bridgehead atoms. The van der Waals surface area contributed by atoms with E-state index in [1.54, 1.807) is 18.7 Å². The van der Waals surface area contributed by atoms with Crippen LogP contribution in [0.1, 0.15) is 19.0 Å². The van der Waals surface area contributed by atoms with Gasteiger partial charge in [0.15, 0.2) is 0 Å². The Kier molecular flexibility index (Phi) is 4.10. The van der Waals surface area contributed by atoms with E-state index in [1.165, 1.54) is 0 Å². The van der Waals surface area contributed by atoms with Gasteiger partial charge in [0.2, 0.25) is 0 Å². The molecule has 0 amide bonds. The van der Waals surface area contributed by atoms with Crippen LogP contribution in [0.3, 0.4) is 0 Å². The number of aromatic nitrogens is 3. The van der Waals surface area contributed by atoms with Crippen molar-refractivity contribution in [2.75, 3.05) is 0 Å². The molecule has 0 radical (unpaired) electrons. The molecule has 0 saturated carbocycles. The van der Waals surface area contributed by atoms with E-state index in [0.717, 1.165) is 28.0 Å². The van der Waals surface area contributed by atoms with Crippen LogP contribution in [-0.4, -0.2) is 14.5 Å². The lowest BCUT2D eigenvalue weighted by atomic mass is 10.2. The summed E-state index contributed by atoms with van der Waals surface area (Å²) >= 11 is 3.37. The summed E-state index contributed by atoms with van der Waals surface area (Å²) in [4.78, 5) is 8.52. The second-order valence-corrected chi connectivity index (χ2v) is 4.74. The van der Waals surface area contributed by atoms with Crippen molar-refractivity contribution >= 4 is 21.5 Å². The number of pyridine rings is 1. The van der Waals surface area contributed by atoms with E-state index in [9.17, 15) is 0 Å². The van der Waals surface area contributed by atoms with Crippen LogP contribution in [0.25, 0.3) is 11.4 Å². The Morgan fingerprint density at radius 1 is 1.44 bits per heavy atom. The first-order valence-corrected chi connectivity index (χ1v) is 6.51. The molecular weight excluding hydrogens is 290 g/mol. The molecule has 0 saturated heterocycles. The van der Waals surface area contributed by atoms with Gasteiger partial charge in [-0.2, -0.15) is 0 Å². The van der Waals surface area contributed by atoms with E-state index in [0.29, 0.717) is 0 Å². The zero-order valence-corrected chi connectivity index (χ0v) is 11.8. The second-order valence-electron chi connectivity index (χ2n) is 3.82. The van der Waals surface area contributed by atoms with Gasteiger partial charge in [-0.25, -0.2) is 9.97 Å². The average molecular weight is 304 g/mol. The van der Waals surface area contributed by atoms with Crippen molar-refractivity contribution in [3.8, 4) is 5.82 Å². The lowest BCUT2D eigenvalue weighted by Gasteiger charge is -2.07. The molecule has 2 rings (SSSR count). The van der Waals surface area contributed by atoms with Crippen molar-refractivity contribution < 1.29 is 0 Å². The van der Waals surface area contributed by atoms with E-state index in [-0.39, 0.29) is 0 Å². The fraction of sp³-hybridized carbons (Fsp3) is 0.143. The summed E-state index contributed by atoms with van der Waals surface area (Å²) < 4.78 is 2.88. The molecular formula is C14H14BrN3. The number of rotatable bonds is 4. The van der Waals surface area contributed by atoms with Crippen LogP contribution in [0.2, 0.25) is 0 Å². The van der Waals surface area contributed by atoms with Crippen molar-refractivity contribution in [3.05, 3.63) is 59.8 Å². The van der Waals surface area contributed by atoms with Gasteiger partial charge in [-0.1, -0.05) is 25.7 Å². The summed E-state index contributed by atoms with van der Waals surface area (Å²) in [7, 11) is 0. The van der Waals surface area contributed by atoms with E-state index < -0.39 is 0 Å². The fourth-order valence-corrected chi connectivity index (χ4v) is 1.81. The van der Waals surface area contributed by atoms with Crippen LogP contribution in [0, 0.1) is 0 Å². The first kappa shape index (κ1) is 12.8. The minimum atomic E-state index is 0.830. The van der Waals surface area contributed by atoms with Gasteiger partial charge < -0.3 is 0 Å². The molecule has 2 aromatic rings. The van der Waals surface area contributed by atoms with E-state index >= 15 is 0 Å². The van der Waals surface area contributed by atoms with E-state index in [2.05, 4.69) is 45.5 Å². The average Bonchev–Trinajstić information content (AvgIpc) is 2.86. The van der Waals surface area contributed by atoms with Gasteiger partial charge in [0.1, 0.15) is 12.1 Å². The maximum atomic E-state index is 4.35. The maximum Gasteiger partial charge on any atom is 0.138 e. The number of nitrogens with zero attached hydrogens (tertiary/aromatic N) is 3. The summed E-state index contributed by atoms with van der Waals surface area (Å²) in [5.74, 6) is 0.830. The lowest BCUT2D eigenvalue weighted by Crippen LogP contribution is -1.99. The van der Waals surface area contributed by atoms with Crippen LogP contribution < -0.4 is 0 Å². The Balaban J connectivity index is 2.36. The van der Waals surface area contributed by atoms with Gasteiger partial charge in [-0.3, -0.25) is 4.57 Å². The molecule has 0 aliphatic carbocycles. The van der Waals surface area contributed by atoms with Crippen molar-refractivity contribution in [2.45, 2.75) is 13.3 Å². The van der Waals surface area contributed by atoms with Crippen LogP contribution in [0.15, 0.2) is 54.1 Å².